The second-order valence-electron chi connectivity index (χ2n) is 6.94. The Morgan fingerprint density at radius 2 is 1.79 bits per heavy atom. The molecule has 0 N–H and O–H groups in total. The van der Waals surface area contributed by atoms with Gasteiger partial charge in [0, 0.05) is 43.5 Å². The summed E-state index contributed by atoms with van der Waals surface area (Å²) in [5.74, 6) is 2.18. The average Bonchev–Trinajstić information content (AvgIpc) is 3.12. The molecular formula is C20H24N6O2. The zero-order valence-electron chi connectivity index (χ0n) is 16.4. The first-order valence-corrected chi connectivity index (χ1v) is 9.53. The molecule has 8 nitrogen and oxygen atoms in total. The molecular weight excluding hydrogens is 356 g/mol. The molecule has 0 radical (unpaired) electrons. The molecule has 3 aromatic rings. The van der Waals surface area contributed by atoms with Crippen LogP contribution in [0.3, 0.4) is 0 Å². The van der Waals surface area contributed by atoms with Crippen molar-refractivity contribution < 1.29 is 9.53 Å². The lowest BCUT2D eigenvalue weighted by Crippen LogP contribution is -2.49. The zero-order valence-corrected chi connectivity index (χ0v) is 16.4. The summed E-state index contributed by atoms with van der Waals surface area (Å²) in [6, 6.07) is 10.2. The maximum Gasteiger partial charge on any atom is 0.409 e. The minimum Gasteiger partial charge on any atom is -0.450 e. The van der Waals surface area contributed by atoms with Gasteiger partial charge in [-0.25, -0.2) is 9.78 Å². The maximum absolute atomic E-state index is 11.9. The Hall–Kier alpha value is -3.16. The summed E-state index contributed by atoms with van der Waals surface area (Å²) in [7, 11) is 0. The minimum absolute atomic E-state index is 0.249. The lowest BCUT2D eigenvalue weighted by molar-refractivity contribution is 0.105. The monoisotopic (exact) mass is 380 g/mol. The van der Waals surface area contributed by atoms with Gasteiger partial charge in [-0.1, -0.05) is 29.8 Å². The van der Waals surface area contributed by atoms with Crippen molar-refractivity contribution in [1.29, 1.82) is 0 Å². The van der Waals surface area contributed by atoms with E-state index in [1.54, 1.807) is 9.42 Å². The number of aryl methyl sites for hydroxylation is 2. The summed E-state index contributed by atoms with van der Waals surface area (Å²) < 4.78 is 6.90. The van der Waals surface area contributed by atoms with Crippen molar-refractivity contribution in [3.8, 4) is 11.4 Å². The van der Waals surface area contributed by atoms with E-state index in [0.29, 0.717) is 44.4 Å². The Bertz CT molecular complexity index is 990. The third-order valence-electron chi connectivity index (χ3n) is 4.86. The first kappa shape index (κ1) is 18.2. The molecule has 1 aliphatic heterocycles. The Morgan fingerprint density at radius 1 is 1.07 bits per heavy atom. The number of piperazine rings is 1. The fourth-order valence-corrected chi connectivity index (χ4v) is 3.35. The Labute approximate surface area is 163 Å². The number of hydrogen-bond donors (Lipinski definition) is 0. The van der Waals surface area contributed by atoms with Gasteiger partial charge >= 0.3 is 6.09 Å². The van der Waals surface area contributed by atoms with Gasteiger partial charge in [-0.3, -0.25) is 0 Å². The number of amides is 1. The van der Waals surface area contributed by atoms with Gasteiger partial charge in [0.1, 0.15) is 5.82 Å². The molecule has 0 unspecified atom stereocenters. The lowest BCUT2D eigenvalue weighted by atomic mass is 10.1. The first-order valence-electron chi connectivity index (χ1n) is 9.53. The number of anilines is 1. The smallest absolute Gasteiger partial charge is 0.409 e. The number of nitrogens with zero attached hydrogens (tertiary/aromatic N) is 6. The van der Waals surface area contributed by atoms with Crippen LogP contribution in [-0.2, 0) is 4.74 Å². The van der Waals surface area contributed by atoms with E-state index in [2.05, 4.69) is 33.9 Å². The number of aromatic nitrogens is 4. The normalized spacial score (nSPS) is 14.5. The summed E-state index contributed by atoms with van der Waals surface area (Å²) >= 11 is 0. The van der Waals surface area contributed by atoms with E-state index in [0.717, 1.165) is 17.1 Å². The van der Waals surface area contributed by atoms with Crippen molar-refractivity contribution in [2.45, 2.75) is 20.8 Å². The molecule has 1 amide bonds. The van der Waals surface area contributed by atoms with E-state index in [1.807, 2.05) is 32.0 Å². The lowest BCUT2D eigenvalue weighted by Gasteiger charge is -2.35. The van der Waals surface area contributed by atoms with E-state index in [9.17, 15) is 4.79 Å². The van der Waals surface area contributed by atoms with E-state index < -0.39 is 0 Å². The number of benzene rings is 1. The van der Waals surface area contributed by atoms with Crippen LogP contribution in [0.25, 0.3) is 17.2 Å². The molecule has 2 aromatic heterocycles. The molecule has 1 saturated heterocycles. The summed E-state index contributed by atoms with van der Waals surface area (Å²) in [5, 5.41) is 4.71. The van der Waals surface area contributed by atoms with Crippen LogP contribution in [0, 0.1) is 13.8 Å². The van der Waals surface area contributed by atoms with E-state index in [4.69, 9.17) is 9.84 Å². The fraction of sp³-hybridized carbons (Fsp3) is 0.400. The number of fused-ring (bicyclic) bond motifs is 1. The van der Waals surface area contributed by atoms with Crippen molar-refractivity contribution in [1.82, 2.24) is 24.5 Å². The SMILES string of the molecule is CCOC(=O)N1CCN(c2cc(C)nc3nc(-c4ccc(C)cc4)nn23)CC1. The molecule has 146 valence electrons. The van der Waals surface area contributed by atoms with Crippen LogP contribution in [0.5, 0.6) is 0 Å². The standard InChI is InChI=1S/C20H24N6O2/c1-4-28-20(27)25-11-9-24(10-12-25)17-13-15(3)21-19-22-18(23-26(17)19)16-7-5-14(2)6-8-16/h5-8,13H,4,9-12H2,1-3H3. The van der Waals surface area contributed by atoms with Gasteiger partial charge in [0.15, 0.2) is 5.82 Å². The van der Waals surface area contributed by atoms with Gasteiger partial charge in [-0.15, -0.1) is 5.10 Å². The van der Waals surface area contributed by atoms with Gasteiger partial charge in [-0.05, 0) is 20.8 Å². The van der Waals surface area contributed by atoms with Crippen LogP contribution < -0.4 is 4.90 Å². The number of rotatable bonds is 3. The summed E-state index contributed by atoms with van der Waals surface area (Å²) in [6.45, 7) is 8.86. The topological polar surface area (TPSA) is 75.9 Å². The highest BCUT2D eigenvalue weighted by molar-refractivity contribution is 5.68. The molecule has 28 heavy (non-hydrogen) atoms. The van der Waals surface area contributed by atoms with Crippen molar-refractivity contribution in [3.05, 3.63) is 41.6 Å². The van der Waals surface area contributed by atoms with Crippen LogP contribution in [0.15, 0.2) is 30.3 Å². The van der Waals surface area contributed by atoms with Gasteiger partial charge in [0.05, 0.1) is 6.61 Å². The van der Waals surface area contributed by atoms with Crippen LogP contribution >= 0.6 is 0 Å². The quantitative estimate of drug-likeness (QED) is 0.695. The highest BCUT2D eigenvalue weighted by Crippen LogP contribution is 2.22. The largest absolute Gasteiger partial charge is 0.450 e. The molecule has 1 aromatic carbocycles. The first-order chi connectivity index (χ1) is 13.5. The van der Waals surface area contributed by atoms with Crippen LogP contribution in [-0.4, -0.2) is 63.4 Å². The van der Waals surface area contributed by atoms with Crippen molar-refractivity contribution in [3.63, 3.8) is 0 Å². The van der Waals surface area contributed by atoms with Crippen LogP contribution in [0.1, 0.15) is 18.2 Å². The Kier molecular flexibility index (Phi) is 4.85. The molecule has 1 aliphatic rings. The third kappa shape index (κ3) is 3.49. The molecule has 0 atom stereocenters. The number of hydrogen-bond acceptors (Lipinski definition) is 6. The Morgan fingerprint density at radius 3 is 2.46 bits per heavy atom. The van der Waals surface area contributed by atoms with Gasteiger partial charge in [0.2, 0.25) is 0 Å². The Balaban J connectivity index is 1.62. The molecule has 3 heterocycles. The number of ether oxygens (including phenoxy) is 1. The van der Waals surface area contributed by atoms with E-state index in [-0.39, 0.29) is 6.09 Å². The number of carbonyl (C=O) groups is 1. The fourth-order valence-electron chi connectivity index (χ4n) is 3.35. The molecule has 8 heteroatoms. The van der Waals surface area contributed by atoms with Gasteiger partial charge in [-0.2, -0.15) is 9.50 Å². The molecule has 1 fully saturated rings. The predicted molar refractivity (Wildman–Crippen MR) is 107 cm³/mol. The highest BCUT2D eigenvalue weighted by Gasteiger charge is 2.24. The van der Waals surface area contributed by atoms with E-state index in [1.165, 1.54) is 5.56 Å². The van der Waals surface area contributed by atoms with Crippen LogP contribution in [0.4, 0.5) is 10.6 Å². The summed E-state index contributed by atoms with van der Waals surface area (Å²) in [5.41, 5.74) is 3.05. The van der Waals surface area contributed by atoms with E-state index >= 15 is 0 Å². The average molecular weight is 380 g/mol. The molecule has 0 saturated carbocycles. The second kappa shape index (κ2) is 7.46. The third-order valence-corrected chi connectivity index (χ3v) is 4.86. The van der Waals surface area contributed by atoms with Crippen LogP contribution in [0.2, 0.25) is 0 Å². The minimum atomic E-state index is -0.249. The highest BCUT2D eigenvalue weighted by atomic mass is 16.6. The molecule has 0 spiro atoms. The molecule has 0 aliphatic carbocycles. The zero-order chi connectivity index (χ0) is 19.7. The van der Waals surface area contributed by atoms with Gasteiger partial charge < -0.3 is 14.5 Å². The van der Waals surface area contributed by atoms with Gasteiger partial charge in [0.25, 0.3) is 5.78 Å². The van der Waals surface area contributed by atoms with Crippen molar-refractivity contribution in [2.24, 2.45) is 0 Å². The summed E-state index contributed by atoms with van der Waals surface area (Å²) in [4.78, 5) is 25.1. The second-order valence-corrected chi connectivity index (χ2v) is 6.94. The maximum atomic E-state index is 11.9. The molecule has 4 rings (SSSR count). The summed E-state index contributed by atoms with van der Waals surface area (Å²) in [6.07, 6.45) is -0.249. The molecule has 0 bridgehead atoms. The predicted octanol–water partition coefficient (Wildman–Crippen LogP) is 2.69. The van der Waals surface area contributed by atoms with Crippen molar-refractivity contribution in [2.75, 3.05) is 37.7 Å². The number of carbonyl (C=O) groups excluding carboxylic acids is 1. The van der Waals surface area contributed by atoms with Crippen molar-refractivity contribution >= 4 is 17.7 Å².